The Morgan fingerprint density at radius 3 is 2.36 bits per heavy atom. The molecule has 6 rings (SSSR count). The number of nitrogens with zero attached hydrogens (tertiary/aromatic N) is 5. The van der Waals surface area contributed by atoms with E-state index < -0.39 is 41.2 Å². The number of aliphatic hydroxyl groups is 1. The highest BCUT2D eigenvalue weighted by molar-refractivity contribution is 5.64. The number of pyridine rings is 1. The zero-order valence-corrected chi connectivity index (χ0v) is 21.4. The van der Waals surface area contributed by atoms with Crippen LogP contribution in [-0.4, -0.2) is 30.3 Å². The molecule has 1 aliphatic rings. The van der Waals surface area contributed by atoms with E-state index in [4.69, 9.17) is 4.74 Å². The summed E-state index contributed by atoms with van der Waals surface area (Å²) >= 11 is 0. The quantitative estimate of drug-likeness (QED) is 0.231. The Bertz CT molecular complexity index is 1850. The topological polar surface area (TPSA) is 86.0 Å². The first-order valence-corrected chi connectivity index (χ1v) is 12.5. The van der Waals surface area contributed by atoms with Crippen molar-refractivity contribution in [1.29, 1.82) is 0 Å². The van der Waals surface area contributed by atoms with Crippen LogP contribution in [-0.2, 0) is 24.7 Å². The molecule has 1 atom stereocenters. The molecule has 210 valence electrons. The van der Waals surface area contributed by atoms with E-state index in [0.29, 0.717) is 16.9 Å². The van der Waals surface area contributed by atoms with E-state index in [9.17, 15) is 18.3 Å². The standard InChI is InChI=1S/C30H18F5N5O2/c31-21-8-11-25-24(13-21)28-37-38-39-40(28)17-29(25,41)30(34,35)27-12-5-19(15-36-27)2-1-18-3-9-23(10-4-18)42-16-20-6-7-22(32)14-26(20)33/h3-15,41H,16-17H2. The Morgan fingerprint density at radius 2 is 1.62 bits per heavy atom. The molecular formula is C30H18F5N5O2. The Balaban J connectivity index is 1.18. The average Bonchev–Trinajstić information content (AvgIpc) is 3.45. The Morgan fingerprint density at radius 1 is 0.905 bits per heavy atom. The number of hydrogen-bond acceptors (Lipinski definition) is 6. The highest BCUT2D eigenvalue weighted by atomic mass is 19.3. The Kier molecular flexibility index (Phi) is 6.67. The molecule has 0 saturated heterocycles. The Labute approximate surface area is 235 Å². The normalized spacial score (nSPS) is 15.8. The van der Waals surface area contributed by atoms with Gasteiger partial charge >= 0.3 is 5.92 Å². The van der Waals surface area contributed by atoms with Crippen LogP contribution >= 0.6 is 0 Å². The van der Waals surface area contributed by atoms with E-state index in [-0.39, 0.29) is 29.1 Å². The molecule has 0 amide bonds. The number of ether oxygens (including phenoxy) is 1. The van der Waals surface area contributed by atoms with Gasteiger partial charge in [0.05, 0.1) is 6.54 Å². The van der Waals surface area contributed by atoms with Crippen molar-refractivity contribution in [2.45, 2.75) is 24.7 Å². The van der Waals surface area contributed by atoms with Crippen molar-refractivity contribution in [3.63, 3.8) is 0 Å². The lowest BCUT2D eigenvalue weighted by Gasteiger charge is -2.39. The molecule has 0 fully saturated rings. The molecule has 0 saturated carbocycles. The maximum atomic E-state index is 15.9. The zero-order chi connectivity index (χ0) is 29.5. The summed E-state index contributed by atoms with van der Waals surface area (Å²) in [6.07, 6.45) is 1.16. The van der Waals surface area contributed by atoms with E-state index in [0.717, 1.165) is 47.3 Å². The van der Waals surface area contributed by atoms with E-state index in [1.165, 1.54) is 12.1 Å². The lowest BCUT2D eigenvalue weighted by atomic mass is 9.80. The summed E-state index contributed by atoms with van der Waals surface area (Å²) in [5.74, 6) is 0.233. The van der Waals surface area contributed by atoms with Crippen molar-refractivity contribution >= 4 is 0 Å². The third kappa shape index (κ3) is 4.84. The zero-order valence-electron chi connectivity index (χ0n) is 21.4. The molecule has 2 aromatic heterocycles. The minimum atomic E-state index is -3.91. The van der Waals surface area contributed by atoms with Gasteiger partial charge in [0.15, 0.2) is 11.4 Å². The van der Waals surface area contributed by atoms with Crippen LogP contribution in [0.4, 0.5) is 22.0 Å². The second-order valence-corrected chi connectivity index (χ2v) is 9.52. The fourth-order valence-electron chi connectivity index (χ4n) is 4.58. The lowest BCUT2D eigenvalue weighted by molar-refractivity contribution is -0.207. The summed E-state index contributed by atoms with van der Waals surface area (Å²) < 4.78 is 79.0. The molecule has 0 bridgehead atoms. The van der Waals surface area contributed by atoms with E-state index in [1.807, 2.05) is 0 Å². The van der Waals surface area contributed by atoms with Gasteiger partial charge in [-0.1, -0.05) is 17.9 Å². The summed E-state index contributed by atoms with van der Waals surface area (Å²) in [4.78, 5) is 3.88. The van der Waals surface area contributed by atoms with Crippen molar-refractivity contribution in [3.8, 4) is 29.0 Å². The second-order valence-electron chi connectivity index (χ2n) is 9.52. The number of benzene rings is 3. The van der Waals surface area contributed by atoms with E-state index >= 15 is 8.78 Å². The van der Waals surface area contributed by atoms with Gasteiger partial charge in [-0.2, -0.15) is 8.78 Å². The molecule has 0 radical (unpaired) electrons. The van der Waals surface area contributed by atoms with Gasteiger partial charge in [-0.15, -0.1) is 5.10 Å². The molecule has 1 aliphatic heterocycles. The lowest BCUT2D eigenvalue weighted by Crippen LogP contribution is -2.49. The summed E-state index contributed by atoms with van der Waals surface area (Å²) in [6.45, 7) is -0.767. The number of rotatable bonds is 5. The van der Waals surface area contributed by atoms with Crippen molar-refractivity contribution in [3.05, 3.63) is 124 Å². The number of fused-ring (bicyclic) bond motifs is 3. The van der Waals surface area contributed by atoms with Crippen molar-refractivity contribution in [2.24, 2.45) is 0 Å². The number of hydrogen-bond donors (Lipinski definition) is 1. The van der Waals surface area contributed by atoms with Crippen LogP contribution in [0, 0.1) is 29.3 Å². The van der Waals surface area contributed by atoms with Gasteiger partial charge in [-0.25, -0.2) is 17.9 Å². The molecule has 5 aromatic rings. The van der Waals surface area contributed by atoms with Gasteiger partial charge in [0.25, 0.3) is 0 Å². The van der Waals surface area contributed by atoms with Crippen LogP contribution < -0.4 is 4.74 Å². The monoisotopic (exact) mass is 575 g/mol. The summed E-state index contributed by atoms with van der Waals surface area (Å²) in [6, 6.07) is 15.3. The first kappa shape index (κ1) is 27.0. The van der Waals surface area contributed by atoms with Crippen LogP contribution in [0.15, 0.2) is 79.0 Å². The van der Waals surface area contributed by atoms with Gasteiger partial charge < -0.3 is 9.84 Å². The van der Waals surface area contributed by atoms with Crippen molar-refractivity contribution in [2.75, 3.05) is 0 Å². The largest absolute Gasteiger partial charge is 0.489 e. The molecule has 1 unspecified atom stereocenters. The first-order valence-electron chi connectivity index (χ1n) is 12.5. The SMILES string of the molecule is OC1(C(F)(F)c2ccc(C#Cc3ccc(OCc4ccc(F)cc4F)cc3)cn2)Cn2nnnc2-c2cc(F)ccc21. The molecule has 1 N–H and O–H groups in total. The summed E-state index contributed by atoms with van der Waals surface area (Å²) in [7, 11) is 0. The molecule has 12 heteroatoms. The van der Waals surface area contributed by atoms with Crippen molar-refractivity contribution in [1.82, 2.24) is 25.2 Å². The third-order valence-electron chi connectivity index (χ3n) is 6.80. The van der Waals surface area contributed by atoms with Gasteiger partial charge in [-0.3, -0.25) is 4.98 Å². The number of halogens is 5. The van der Waals surface area contributed by atoms with Gasteiger partial charge in [-0.05, 0) is 71.1 Å². The Hall–Kier alpha value is -5.15. The predicted octanol–water partition coefficient (Wildman–Crippen LogP) is 5.12. The molecule has 7 nitrogen and oxygen atoms in total. The van der Waals surface area contributed by atoms with Crippen LogP contribution in [0.2, 0.25) is 0 Å². The molecule has 3 heterocycles. The number of alkyl halides is 2. The van der Waals surface area contributed by atoms with Crippen molar-refractivity contribution < 1.29 is 31.8 Å². The maximum absolute atomic E-state index is 15.9. The third-order valence-corrected chi connectivity index (χ3v) is 6.80. The van der Waals surface area contributed by atoms with E-state index in [2.05, 4.69) is 32.4 Å². The second kappa shape index (κ2) is 10.4. The highest BCUT2D eigenvalue weighted by Crippen LogP contribution is 2.50. The minimum Gasteiger partial charge on any atom is -0.489 e. The van der Waals surface area contributed by atoms with Gasteiger partial charge in [0, 0.05) is 40.1 Å². The number of tetrazole rings is 1. The minimum absolute atomic E-state index is 0.0463. The molecule has 0 spiro atoms. The van der Waals surface area contributed by atoms with Crippen LogP contribution in [0.5, 0.6) is 5.75 Å². The van der Waals surface area contributed by atoms with Crippen LogP contribution in [0.1, 0.15) is 27.9 Å². The molecule has 0 aliphatic carbocycles. The maximum Gasteiger partial charge on any atom is 0.323 e. The first-order chi connectivity index (χ1) is 20.1. The van der Waals surface area contributed by atoms with Crippen LogP contribution in [0.3, 0.4) is 0 Å². The predicted molar refractivity (Wildman–Crippen MR) is 138 cm³/mol. The molecule has 3 aromatic carbocycles. The van der Waals surface area contributed by atoms with E-state index in [1.54, 1.807) is 24.3 Å². The molecule has 42 heavy (non-hydrogen) atoms. The number of aromatic nitrogens is 5. The molecular weight excluding hydrogens is 557 g/mol. The fraction of sp³-hybridized carbons (Fsp3) is 0.133. The van der Waals surface area contributed by atoms with Gasteiger partial charge in [0.1, 0.15) is 35.5 Å². The summed E-state index contributed by atoms with van der Waals surface area (Å²) in [5, 5.41) is 22.2. The highest BCUT2D eigenvalue weighted by Gasteiger charge is 2.59. The van der Waals surface area contributed by atoms with Crippen LogP contribution in [0.25, 0.3) is 11.4 Å². The van der Waals surface area contributed by atoms with Gasteiger partial charge in [0.2, 0.25) is 0 Å². The smallest absolute Gasteiger partial charge is 0.323 e. The summed E-state index contributed by atoms with van der Waals surface area (Å²) in [5.41, 5.74) is -2.68. The fourth-order valence-corrected chi connectivity index (χ4v) is 4.58. The average molecular weight is 575 g/mol.